The van der Waals surface area contributed by atoms with E-state index >= 15 is 0 Å². The van der Waals surface area contributed by atoms with Crippen molar-refractivity contribution >= 4 is 15.9 Å². The Morgan fingerprint density at radius 1 is 1.46 bits per heavy atom. The molecule has 1 aromatic carbocycles. The number of ether oxygens (including phenoxy) is 1. The van der Waals surface area contributed by atoms with Gasteiger partial charge >= 0.3 is 0 Å². The van der Waals surface area contributed by atoms with Crippen molar-refractivity contribution in [1.82, 2.24) is 0 Å². The van der Waals surface area contributed by atoms with Crippen LogP contribution in [0.4, 0.5) is 0 Å². The van der Waals surface area contributed by atoms with Gasteiger partial charge < -0.3 is 9.84 Å². The average Bonchev–Trinajstić information content (AvgIpc) is 2.02. The van der Waals surface area contributed by atoms with Crippen molar-refractivity contribution in [3.05, 3.63) is 28.2 Å². The summed E-state index contributed by atoms with van der Waals surface area (Å²) in [6.07, 6.45) is 0.223. The molecule has 0 aliphatic carbocycles. The first kappa shape index (κ1) is 10.5. The van der Waals surface area contributed by atoms with Crippen LogP contribution in [-0.2, 0) is 11.3 Å². The second-order valence-corrected chi connectivity index (χ2v) is 3.99. The molecule has 1 rings (SSSR count). The standard InChI is InChI=1S/C10H13BrO2/c1-7(2)13-6-8-3-4-9(12)5-10(8)11/h3-5,7,12H,6H2,1-2H3. The molecule has 0 radical (unpaired) electrons. The lowest BCUT2D eigenvalue weighted by molar-refractivity contribution is 0.0653. The second-order valence-electron chi connectivity index (χ2n) is 3.14. The van der Waals surface area contributed by atoms with E-state index in [0.717, 1.165) is 10.0 Å². The van der Waals surface area contributed by atoms with Gasteiger partial charge in [0.2, 0.25) is 0 Å². The Kier molecular flexibility index (Phi) is 3.75. The quantitative estimate of drug-likeness (QED) is 0.886. The van der Waals surface area contributed by atoms with Gasteiger partial charge in [-0.25, -0.2) is 0 Å². The summed E-state index contributed by atoms with van der Waals surface area (Å²) in [5, 5.41) is 9.14. The Morgan fingerprint density at radius 3 is 2.69 bits per heavy atom. The van der Waals surface area contributed by atoms with Gasteiger partial charge in [0.05, 0.1) is 12.7 Å². The number of benzene rings is 1. The molecule has 3 heteroatoms. The predicted molar refractivity (Wildman–Crippen MR) is 55.7 cm³/mol. The van der Waals surface area contributed by atoms with Crippen molar-refractivity contribution < 1.29 is 9.84 Å². The van der Waals surface area contributed by atoms with E-state index in [4.69, 9.17) is 9.84 Å². The Morgan fingerprint density at radius 2 is 2.15 bits per heavy atom. The summed E-state index contributed by atoms with van der Waals surface area (Å²) < 4.78 is 6.32. The first-order valence-electron chi connectivity index (χ1n) is 4.18. The van der Waals surface area contributed by atoms with E-state index in [1.165, 1.54) is 0 Å². The van der Waals surface area contributed by atoms with Crippen molar-refractivity contribution in [3.63, 3.8) is 0 Å². The third kappa shape index (κ3) is 3.36. The largest absolute Gasteiger partial charge is 0.508 e. The van der Waals surface area contributed by atoms with E-state index in [2.05, 4.69) is 15.9 Å². The van der Waals surface area contributed by atoms with Gasteiger partial charge in [0.1, 0.15) is 5.75 Å². The predicted octanol–water partition coefficient (Wildman–Crippen LogP) is 3.08. The maximum absolute atomic E-state index is 9.14. The molecule has 0 unspecified atom stereocenters. The van der Waals surface area contributed by atoms with Gasteiger partial charge in [0.15, 0.2) is 0 Å². The van der Waals surface area contributed by atoms with E-state index in [1.807, 2.05) is 19.9 Å². The van der Waals surface area contributed by atoms with Crippen LogP contribution in [-0.4, -0.2) is 11.2 Å². The van der Waals surface area contributed by atoms with Crippen LogP contribution in [0.5, 0.6) is 5.75 Å². The Bertz CT molecular complexity index is 284. The lowest BCUT2D eigenvalue weighted by Gasteiger charge is -2.08. The number of hydrogen-bond acceptors (Lipinski definition) is 2. The number of hydrogen-bond donors (Lipinski definition) is 1. The lowest BCUT2D eigenvalue weighted by Crippen LogP contribution is -2.02. The van der Waals surface area contributed by atoms with Crippen molar-refractivity contribution in [2.75, 3.05) is 0 Å². The van der Waals surface area contributed by atoms with Crippen LogP contribution in [0.2, 0.25) is 0 Å². The van der Waals surface area contributed by atoms with Crippen LogP contribution in [0.15, 0.2) is 22.7 Å². The van der Waals surface area contributed by atoms with E-state index in [9.17, 15) is 0 Å². The van der Waals surface area contributed by atoms with Gasteiger partial charge in [0.25, 0.3) is 0 Å². The highest BCUT2D eigenvalue weighted by atomic mass is 79.9. The molecule has 2 nitrogen and oxygen atoms in total. The zero-order valence-corrected chi connectivity index (χ0v) is 9.34. The highest BCUT2D eigenvalue weighted by Crippen LogP contribution is 2.22. The van der Waals surface area contributed by atoms with Crippen molar-refractivity contribution in [3.8, 4) is 5.75 Å². The fraction of sp³-hybridized carbons (Fsp3) is 0.400. The topological polar surface area (TPSA) is 29.5 Å². The molecular formula is C10H13BrO2. The summed E-state index contributed by atoms with van der Waals surface area (Å²) in [5.41, 5.74) is 1.05. The molecule has 0 heterocycles. The summed E-state index contributed by atoms with van der Waals surface area (Å²) in [5.74, 6) is 0.264. The van der Waals surface area contributed by atoms with E-state index in [1.54, 1.807) is 12.1 Å². The van der Waals surface area contributed by atoms with Gasteiger partial charge in [-0.2, -0.15) is 0 Å². The maximum Gasteiger partial charge on any atom is 0.116 e. The highest BCUT2D eigenvalue weighted by molar-refractivity contribution is 9.10. The molecule has 0 aliphatic rings. The molecule has 0 aromatic heterocycles. The number of phenols is 1. The van der Waals surface area contributed by atoms with Crippen molar-refractivity contribution in [1.29, 1.82) is 0 Å². The smallest absolute Gasteiger partial charge is 0.116 e. The molecule has 0 spiro atoms. The highest BCUT2D eigenvalue weighted by Gasteiger charge is 2.02. The zero-order valence-electron chi connectivity index (χ0n) is 7.75. The lowest BCUT2D eigenvalue weighted by atomic mass is 10.2. The molecule has 0 amide bonds. The van der Waals surface area contributed by atoms with Crippen LogP contribution < -0.4 is 0 Å². The third-order valence-corrected chi connectivity index (χ3v) is 2.35. The van der Waals surface area contributed by atoms with E-state index in [-0.39, 0.29) is 11.9 Å². The molecule has 0 atom stereocenters. The molecule has 0 bridgehead atoms. The molecule has 13 heavy (non-hydrogen) atoms. The number of halogens is 1. The van der Waals surface area contributed by atoms with Crippen LogP contribution in [0.3, 0.4) is 0 Å². The SMILES string of the molecule is CC(C)OCc1ccc(O)cc1Br. The minimum atomic E-state index is 0.223. The van der Waals surface area contributed by atoms with Crippen LogP contribution in [0.25, 0.3) is 0 Å². The fourth-order valence-corrected chi connectivity index (χ4v) is 1.39. The van der Waals surface area contributed by atoms with Crippen LogP contribution in [0.1, 0.15) is 19.4 Å². The first-order valence-corrected chi connectivity index (χ1v) is 4.98. The molecule has 0 saturated heterocycles. The molecule has 72 valence electrons. The second kappa shape index (κ2) is 4.63. The maximum atomic E-state index is 9.14. The van der Waals surface area contributed by atoms with E-state index in [0.29, 0.717) is 6.61 Å². The summed E-state index contributed by atoms with van der Waals surface area (Å²) >= 11 is 3.36. The average molecular weight is 245 g/mol. The normalized spacial score (nSPS) is 10.8. The zero-order chi connectivity index (χ0) is 9.84. The monoisotopic (exact) mass is 244 g/mol. The number of rotatable bonds is 3. The summed E-state index contributed by atoms with van der Waals surface area (Å²) in [7, 11) is 0. The summed E-state index contributed by atoms with van der Waals surface area (Å²) in [4.78, 5) is 0. The van der Waals surface area contributed by atoms with Gasteiger partial charge in [0, 0.05) is 4.47 Å². The van der Waals surface area contributed by atoms with E-state index < -0.39 is 0 Å². The Hall–Kier alpha value is -0.540. The summed E-state index contributed by atoms with van der Waals surface area (Å²) in [6.45, 7) is 4.56. The molecule has 0 fully saturated rings. The molecular weight excluding hydrogens is 232 g/mol. The fourth-order valence-electron chi connectivity index (χ4n) is 0.910. The Labute approximate surface area is 86.7 Å². The molecule has 0 aliphatic heterocycles. The summed E-state index contributed by atoms with van der Waals surface area (Å²) in [6, 6.07) is 5.17. The minimum Gasteiger partial charge on any atom is -0.508 e. The van der Waals surface area contributed by atoms with Crippen molar-refractivity contribution in [2.24, 2.45) is 0 Å². The van der Waals surface area contributed by atoms with Gasteiger partial charge in [-0.3, -0.25) is 0 Å². The van der Waals surface area contributed by atoms with Crippen LogP contribution in [0, 0.1) is 0 Å². The third-order valence-electron chi connectivity index (χ3n) is 1.61. The molecule has 0 saturated carbocycles. The number of phenolic OH excluding ortho intramolecular Hbond substituents is 1. The Balaban J connectivity index is 2.67. The number of aromatic hydroxyl groups is 1. The molecule has 1 N–H and O–H groups in total. The van der Waals surface area contributed by atoms with Gasteiger partial charge in [-0.15, -0.1) is 0 Å². The minimum absolute atomic E-state index is 0.223. The van der Waals surface area contributed by atoms with Gasteiger partial charge in [-0.1, -0.05) is 22.0 Å². The molecule has 1 aromatic rings. The van der Waals surface area contributed by atoms with Crippen molar-refractivity contribution in [2.45, 2.75) is 26.6 Å². The van der Waals surface area contributed by atoms with Crippen LogP contribution >= 0.6 is 15.9 Å². The van der Waals surface area contributed by atoms with Gasteiger partial charge in [-0.05, 0) is 31.5 Å². The first-order chi connectivity index (χ1) is 6.09.